The van der Waals surface area contributed by atoms with Crippen LogP contribution in [0.15, 0.2) is 30.3 Å². The van der Waals surface area contributed by atoms with Gasteiger partial charge in [0.05, 0.1) is 13.2 Å². The summed E-state index contributed by atoms with van der Waals surface area (Å²) in [6.07, 6.45) is 5.60. The highest BCUT2D eigenvalue weighted by Gasteiger charge is 2.24. The molecule has 0 radical (unpaired) electrons. The first-order valence-corrected chi connectivity index (χ1v) is 8.58. The molecule has 2 rings (SSSR count). The molecule has 2 nitrogen and oxygen atoms in total. The molecule has 1 unspecified atom stereocenters. The average Bonchev–Trinajstić information content (AvgIpc) is 3.00. The molecule has 0 saturated heterocycles. The lowest BCUT2D eigenvalue weighted by molar-refractivity contribution is 0.0659. The second kappa shape index (κ2) is 9.22. The van der Waals surface area contributed by atoms with E-state index in [1.165, 1.54) is 31.2 Å². The van der Waals surface area contributed by atoms with Crippen molar-refractivity contribution in [2.24, 2.45) is 17.8 Å². The van der Waals surface area contributed by atoms with E-state index in [-0.39, 0.29) is 0 Å². The smallest absolute Gasteiger partial charge is 0.0717 e. The van der Waals surface area contributed by atoms with Crippen molar-refractivity contribution in [3.8, 4) is 0 Å². The first-order valence-electron chi connectivity index (χ1n) is 8.58. The maximum atomic E-state index is 6.01. The van der Waals surface area contributed by atoms with E-state index in [4.69, 9.17) is 4.74 Å². The number of hydrogen-bond acceptors (Lipinski definition) is 2. The zero-order valence-corrected chi connectivity index (χ0v) is 13.7. The van der Waals surface area contributed by atoms with Crippen LogP contribution in [-0.2, 0) is 11.3 Å². The van der Waals surface area contributed by atoms with Crippen LogP contribution >= 0.6 is 0 Å². The van der Waals surface area contributed by atoms with Crippen molar-refractivity contribution >= 4 is 0 Å². The minimum absolute atomic E-state index is 0.676. The first kappa shape index (κ1) is 16.5. The third-order valence-electron chi connectivity index (χ3n) is 4.47. The molecule has 1 aromatic rings. The van der Waals surface area contributed by atoms with Crippen LogP contribution in [0.5, 0.6) is 0 Å². The molecular weight excluding hydrogens is 258 g/mol. The molecule has 0 aromatic heterocycles. The molecule has 0 spiro atoms. The molecule has 1 aliphatic carbocycles. The number of hydrogen-bond donors (Lipinski definition) is 1. The minimum Gasteiger partial charge on any atom is -0.376 e. The SMILES string of the molecule is CC(C)CNCC(COCc1ccccc1)C1CCCC1. The number of nitrogens with one attached hydrogen (secondary N) is 1. The van der Waals surface area contributed by atoms with Gasteiger partial charge < -0.3 is 10.1 Å². The Morgan fingerprint density at radius 2 is 1.81 bits per heavy atom. The van der Waals surface area contributed by atoms with E-state index < -0.39 is 0 Å². The molecule has 2 heteroatoms. The Morgan fingerprint density at radius 1 is 1.10 bits per heavy atom. The number of rotatable bonds is 9. The van der Waals surface area contributed by atoms with Crippen molar-refractivity contribution in [1.29, 1.82) is 0 Å². The zero-order valence-electron chi connectivity index (χ0n) is 13.7. The van der Waals surface area contributed by atoms with Gasteiger partial charge in [-0.3, -0.25) is 0 Å². The summed E-state index contributed by atoms with van der Waals surface area (Å²) in [5.74, 6) is 2.26. The highest BCUT2D eigenvalue weighted by Crippen LogP contribution is 2.31. The standard InChI is InChI=1S/C19H31NO/c1-16(2)12-20-13-19(18-10-6-7-11-18)15-21-14-17-8-4-3-5-9-17/h3-5,8-9,16,18-20H,6-7,10-15H2,1-2H3. The number of ether oxygens (including phenoxy) is 1. The van der Waals surface area contributed by atoms with Crippen LogP contribution in [0.3, 0.4) is 0 Å². The minimum atomic E-state index is 0.676. The van der Waals surface area contributed by atoms with Gasteiger partial charge in [-0.1, -0.05) is 69.9 Å². The van der Waals surface area contributed by atoms with Crippen LogP contribution in [0.2, 0.25) is 0 Å². The molecule has 1 aliphatic rings. The lowest BCUT2D eigenvalue weighted by atomic mass is 9.91. The Balaban J connectivity index is 1.75. The zero-order chi connectivity index (χ0) is 14.9. The second-order valence-corrected chi connectivity index (χ2v) is 6.86. The van der Waals surface area contributed by atoms with E-state index in [9.17, 15) is 0 Å². The Labute approximate surface area is 130 Å². The average molecular weight is 289 g/mol. The fourth-order valence-corrected chi connectivity index (χ4v) is 3.25. The quantitative estimate of drug-likeness (QED) is 0.733. The summed E-state index contributed by atoms with van der Waals surface area (Å²) in [5.41, 5.74) is 1.28. The largest absolute Gasteiger partial charge is 0.376 e. The van der Waals surface area contributed by atoms with Crippen LogP contribution in [0.25, 0.3) is 0 Å². The topological polar surface area (TPSA) is 21.3 Å². The molecule has 1 N–H and O–H groups in total. The third-order valence-corrected chi connectivity index (χ3v) is 4.47. The molecule has 0 aliphatic heterocycles. The van der Waals surface area contributed by atoms with Gasteiger partial charge in [0.15, 0.2) is 0 Å². The van der Waals surface area contributed by atoms with Gasteiger partial charge in [-0.25, -0.2) is 0 Å². The van der Waals surface area contributed by atoms with Crippen LogP contribution in [0.1, 0.15) is 45.1 Å². The van der Waals surface area contributed by atoms with Gasteiger partial charge in [0.1, 0.15) is 0 Å². The van der Waals surface area contributed by atoms with Crippen molar-refractivity contribution in [3.05, 3.63) is 35.9 Å². The summed E-state index contributed by atoms with van der Waals surface area (Å²) in [7, 11) is 0. The molecule has 1 atom stereocenters. The lowest BCUT2D eigenvalue weighted by Crippen LogP contribution is -2.32. The van der Waals surface area contributed by atoms with Crippen LogP contribution in [0, 0.1) is 17.8 Å². The Bertz CT molecular complexity index is 370. The van der Waals surface area contributed by atoms with Gasteiger partial charge in [-0.15, -0.1) is 0 Å². The van der Waals surface area contributed by atoms with E-state index in [2.05, 4.69) is 49.5 Å². The molecule has 1 fully saturated rings. The van der Waals surface area contributed by atoms with Gasteiger partial charge in [0.2, 0.25) is 0 Å². The summed E-state index contributed by atoms with van der Waals surface area (Å²) in [4.78, 5) is 0. The summed E-state index contributed by atoms with van der Waals surface area (Å²) in [6.45, 7) is 8.39. The Hall–Kier alpha value is -0.860. The molecule has 0 amide bonds. The summed E-state index contributed by atoms with van der Waals surface area (Å²) in [6, 6.07) is 10.5. The normalized spacial score (nSPS) is 17.5. The van der Waals surface area contributed by atoms with Crippen molar-refractivity contribution in [1.82, 2.24) is 5.32 Å². The highest BCUT2D eigenvalue weighted by molar-refractivity contribution is 5.13. The van der Waals surface area contributed by atoms with Crippen molar-refractivity contribution in [2.45, 2.75) is 46.1 Å². The molecule has 118 valence electrons. The van der Waals surface area contributed by atoms with Crippen molar-refractivity contribution < 1.29 is 4.74 Å². The monoisotopic (exact) mass is 289 g/mol. The molecule has 1 aromatic carbocycles. The van der Waals surface area contributed by atoms with Crippen LogP contribution in [0.4, 0.5) is 0 Å². The van der Waals surface area contributed by atoms with Crippen molar-refractivity contribution in [2.75, 3.05) is 19.7 Å². The van der Waals surface area contributed by atoms with E-state index >= 15 is 0 Å². The van der Waals surface area contributed by atoms with Gasteiger partial charge in [-0.05, 0) is 29.9 Å². The third kappa shape index (κ3) is 6.19. The maximum Gasteiger partial charge on any atom is 0.0717 e. The predicted molar refractivity (Wildman–Crippen MR) is 89.3 cm³/mol. The van der Waals surface area contributed by atoms with Gasteiger partial charge >= 0.3 is 0 Å². The Kier molecular flexibility index (Phi) is 7.25. The molecule has 0 heterocycles. The van der Waals surface area contributed by atoms with Crippen LogP contribution in [-0.4, -0.2) is 19.7 Å². The Morgan fingerprint density at radius 3 is 2.48 bits per heavy atom. The van der Waals surface area contributed by atoms with E-state index in [0.717, 1.165) is 38.1 Å². The summed E-state index contributed by atoms with van der Waals surface area (Å²) < 4.78 is 6.01. The molecule has 21 heavy (non-hydrogen) atoms. The number of benzene rings is 1. The predicted octanol–water partition coefficient (Wildman–Crippen LogP) is 4.26. The fraction of sp³-hybridized carbons (Fsp3) is 0.684. The van der Waals surface area contributed by atoms with Crippen LogP contribution < -0.4 is 5.32 Å². The summed E-state index contributed by atoms with van der Waals surface area (Å²) in [5, 5.41) is 3.63. The lowest BCUT2D eigenvalue weighted by Gasteiger charge is -2.24. The highest BCUT2D eigenvalue weighted by atomic mass is 16.5. The van der Waals surface area contributed by atoms with E-state index in [0.29, 0.717) is 5.92 Å². The van der Waals surface area contributed by atoms with Gasteiger partial charge in [0, 0.05) is 6.54 Å². The molecule has 1 saturated carbocycles. The fourth-order valence-electron chi connectivity index (χ4n) is 3.25. The van der Waals surface area contributed by atoms with E-state index in [1.54, 1.807) is 0 Å². The first-order chi connectivity index (χ1) is 10.3. The second-order valence-electron chi connectivity index (χ2n) is 6.86. The van der Waals surface area contributed by atoms with E-state index in [1.807, 2.05) is 0 Å². The van der Waals surface area contributed by atoms with Crippen molar-refractivity contribution in [3.63, 3.8) is 0 Å². The van der Waals surface area contributed by atoms with Gasteiger partial charge in [0.25, 0.3) is 0 Å². The molecule has 0 bridgehead atoms. The maximum absolute atomic E-state index is 6.01. The van der Waals surface area contributed by atoms with Gasteiger partial charge in [-0.2, -0.15) is 0 Å². The molecular formula is C19H31NO. The summed E-state index contributed by atoms with van der Waals surface area (Å²) >= 11 is 0.